The molecule has 13 rings (SSSR count). The van der Waals surface area contributed by atoms with E-state index < -0.39 is 0 Å². The van der Waals surface area contributed by atoms with Crippen LogP contribution in [-0.4, -0.2) is 24.9 Å². The van der Waals surface area contributed by atoms with Crippen molar-refractivity contribution in [2.45, 2.75) is 0 Å². The lowest BCUT2D eigenvalue weighted by Crippen LogP contribution is -2.00. The SMILES string of the molecule is c1ccc(-c2nc(-c3ccc4c5ccccc5c5ccccc5c4c3)nc(-c3cccc4oc5cc(-c6nc(-c7ccccc7)c7sc8ccccc8c7n6)ccc5c34)n2)cc1. The summed E-state index contributed by atoms with van der Waals surface area (Å²) in [5.41, 5.74) is 7.97. The molecule has 0 radical (unpaired) electrons. The van der Waals surface area contributed by atoms with Gasteiger partial charge < -0.3 is 4.42 Å². The Kier molecular flexibility index (Phi) is 7.67. The molecule has 0 spiro atoms. The van der Waals surface area contributed by atoms with Gasteiger partial charge in [-0.1, -0.05) is 158 Å². The van der Waals surface area contributed by atoms with E-state index in [1.807, 2.05) is 48.5 Å². The number of nitrogens with zero attached hydrogens (tertiary/aromatic N) is 5. The Morgan fingerprint density at radius 3 is 1.61 bits per heavy atom. The molecule has 7 heteroatoms. The molecular weight excluding hydrogens is 779 g/mol. The van der Waals surface area contributed by atoms with Gasteiger partial charge in [-0.15, -0.1) is 11.3 Å². The van der Waals surface area contributed by atoms with Crippen LogP contribution in [0.5, 0.6) is 0 Å². The van der Waals surface area contributed by atoms with Crippen LogP contribution in [0.3, 0.4) is 0 Å². The van der Waals surface area contributed by atoms with Gasteiger partial charge in [0.25, 0.3) is 0 Å². The number of rotatable bonds is 5. The quantitative estimate of drug-likeness (QED) is 0.161. The lowest BCUT2D eigenvalue weighted by molar-refractivity contribution is 0.669. The molecular formula is C55H31N5OS. The Morgan fingerprint density at radius 2 is 0.887 bits per heavy atom. The Bertz CT molecular complexity index is 3900. The fourth-order valence-electron chi connectivity index (χ4n) is 9.05. The normalized spacial score (nSPS) is 11.9. The van der Waals surface area contributed by atoms with Gasteiger partial charge in [0.2, 0.25) is 0 Å². The molecule has 288 valence electrons. The third kappa shape index (κ3) is 5.45. The lowest BCUT2D eigenvalue weighted by atomic mass is 9.93. The van der Waals surface area contributed by atoms with Gasteiger partial charge in [-0.3, -0.25) is 0 Å². The molecule has 0 saturated carbocycles. The van der Waals surface area contributed by atoms with Crippen LogP contribution >= 0.6 is 11.3 Å². The van der Waals surface area contributed by atoms with Crippen molar-refractivity contribution in [3.05, 3.63) is 188 Å². The van der Waals surface area contributed by atoms with Crippen molar-refractivity contribution in [1.82, 2.24) is 24.9 Å². The summed E-state index contributed by atoms with van der Waals surface area (Å²) in [6, 6.07) is 65.1. The fourth-order valence-corrected chi connectivity index (χ4v) is 10.2. The first-order valence-corrected chi connectivity index (χ1v) is 21.4. The largest absolute Gasteiger partial charge is 0.456 e. The second-order valence-corrected chi connectivity index (χ2v) is 16.6. The highest BCUT2D eigenvalue weighted by atomic mass is 32.1. The highest BCUT2D eigenvalue weighted by molar-refractivity contribution is 7.26. The van der Waals surface area contributed by atoms with Crippen molar-refractivity contribution >= 4 is 85.9 Å². The number of hydrogen-bond acceptors (Lipinski definition) is 7. The number of furan rings is 1. The second kappa shape index (κ2) is 13.7. The number of benzene rings is 9. The molecule has 0 aliphatic carbocycles. The average Bonchev–Trinajstić information content (AvgIpc) is 3.92. The molecule has 62 heavy (non-hydrogen) atoms. The van der Waals surface area contributed by atoms with Gasteiger partial charge in [0.15, 0.2) is 23.3 Å². The maximum absolute atomic E-state index is 6.66. The van der Waals surface area contributed by atoms with Gasteiger partial charge in [-0.2, -0.15) is 0 Å². The molecule has 0 aliphatic rings. The lowest BCUT2D eigenvalue weighted by Gasteiger charge is -2.13. The van der Waals surface area contributed by atoms with Gasteiger partial charge in [0.1, 0.15) is 11.2 Å². The van der Waals surface area contributed by atoms with Gasteiger partial charge >= 0.3 is 0 Å². The van der Waals surface area contributed by atoms with Crippen molar-refractivity contribution in [1.29, 1.82) is 0 Å². The van der Waals surface area contributed by atoms with Crippen molar-refractivity contribution in [2.75, 3.05) is 0 Å². The minimum Gasteiger partial charge on any atom is -0.456 e. The van der Waals surface area contributed by atoms with Crippen LogP contribution < -0.4 is 0 Å². The molecule has 0 saturated heterocycles. The van der Waals surface area contributed by atoms with Crippen LogP contribution in [0.1, 0.15) is 0 Å². The summed E-state index contributed by atoms with van der Waals surface area (Å²) in [7, 11) is 0. The zero-order valence-electron chi connectivity index (χ0n) is 33.0. The number of thiophene rings is 1. The van der Waals surface area contributed by atoms with Crippen LogP contribution in [0.15, 0.2) is 192 Å². The van der Waals surface area contributed by atoms with E-state index >= 15 is 0 Å². The molecule has 4 heterocycles. The van der Waals surface area contributed by atoms with Crippen molar-refractivity contribution < 1.29 is 4.42 Å². The van der Waals surface area contributed by atoms with Crippen molar-refractivity contribution in [2.24, 2.45) is 0 Å². The minimum atomic E-state index is 0.570. The van der Waals surface area contributed by atoms with Crippen LogP contribution in [0, 0.1) is 0 Å². The number of aromatic nitrogens is 5. The third-order valence-electron chi connectivity index (χ3n) is 11.9. The summed E-state index contributed by atoms with van der Waals surface area (Å²) in [6.07, 6.45) is 0. The summed E-state index contributed by atoms with van der Waals surface area (Å²) in [6.45, 7) is 0. The minimum absolute atomic E-state index is 0.570. The van der Waals surface area contributed by atoms with Gasteiger partial charge in [0, 0.05) is 48.7 Å². The summed E-state index contributed by atoms with van der Waals surface area (Å²) in [4.78, 5) is 26.0. The molecule has 13 aromatic rings. The monoisotopic (exact) mass is 809 g/mol. The number of fused-ring (bicyclic) bond motifs is 12. The van der Waals surface area contributed by atoms with Crippen LogP contribution in [-0.2, 0) is 0 Å². The Labute approximate surface area is 358 Å². The maximum Gasteiger partial charge on any atom is 0.164 e. The fraction of sp³-hybridized carbons (Fsp3) is 0. The Morgan fingerprint density at radius 1 is 0.339 bits per heavy atom. The van der Waals surface area contributed by atoms with Crippen LogP contribution in [0.4, 0.5) is 0 Å². The Hall–Kier alpha value is -8.13. The van der Waals surface area contributed by atoms with E-state index in [4.69, 9.17) is 29.3 Å². The van der Waals surface area contributed by atoms with Gasteiger partial charge in [0.05, 0.1) is 15.9 Å². The first-order valence-electron chi connectivity index (χ1n) is 20.6. The van der Waals surface area contributed by atoms with Crippen molar-refractivity contribution in [3.8, 4) is 56.8 Å². The molecule has 0 atom stereocenters. The molecule has 4 aromatic heterocycles. The van der Waals surface area contributed by atoms with Gasteiger partial charge in [-0.05, 0) is 62.6 Å². The summed E-state index contributed by atoms with van der Waals surface area (Å²) >= 11 is 1.73. The van der Waals surface area contributed by atoms with Crippen LogP contribution in [0.25, 0.3) is 131 Å². The van der Waals surface area contributed by atoms with Gasteiger partial charge in [-0.25, -0.2) is 24.9 Å². The molecule has 6 nitrogen and oxygen atoms in total. The zero-order chi connectivity index (χ0) is 40.7. The average molecular weight is 810 g/mol. The molecule has 0 unspecified atom stereocenters. The third-order valence-corrected chi connectivity index (χ3v) is 13.1. The first kappa shape index (κ1) is 34.7. The molecule has 9 aromatic carbocycles. The van der Waals surface area contributed by atoms with E-state index in [2.05, 4.69) is 140 Å². The molecule has 0 aliphatic heterocycles. The molecule has 0 bridgehead atoms. The highest BCUT2D eigenvalue weighted by Crippen LogP contribution is 2.42. The van der Waals surface area contributed by atoms with E-state index in [1.165, 1.54) is 31.6 Å². The number of hydrogen-bond donors (Lipinski definition) is 0. The molecule has 0 N–H and O–H groups in total. The summed E-state index contributed by atoms with van der Waals surface area (Å²) in [5, 5.41) is 10.2. The highest BCUT2D eigenvalue weighted by Gasteiger charge is 2.21. The maximum atomic E-state index is 6.66. The first-order chi connectivity index (χ1) is 30.7. The molecule has 0 amide bonds. The van der Waals surface area contributed by atoms with Crippen molar-refractivity contribution in [3.63, 3.8) is 0 Å². The Balaban J connectivity index is 0.991. The second-order valence-electron chi connectivity index (χ2n) is 15.6. The summed E-state index contributed by atoms with van der Waals surface area (Å²) < 4.78 is 8.93. The smallest absolute Gasteiger partial charge is 0.164 e. The topological polar surface area (TPSA) is 77.6 Å². The zero-order valence-corrected chi connectivity index (χ0v) is 33.8. The predicted octanol–water partition coefficient (Wildman–Crippen LogP) is 14.7. The van der Waals surface area contributed by atoms with Crippen LogP contribution in [0.2, 0.25) is 0 Å². The standard InChI is InChI=1S/C55H31N5OS/c1-3-14-32(15-4-1)49-51-50(42-22-11-12-25-47(42)62-51)57-53(56-49)35-27-29-41-46(31-35)61-45-24-13-23-43(48(41)45)55-59-52(33-16-5-2-6-17-33)58-54(60-55)34-26-28-40-38-20-8-7-18-36(38)37-19-9-10-21-39(37)44(40)30-34/h1-31H. The van der Waals surface area contributed by atoms with E-state index in [9.17, 15) is 0 Å². The molecule has 0 fully saturated rings. The summed E-state index contributed by atoms with van der Waals surface area (Å²) in [5.74, 6) is 2.42. The predicted molar refractivity (Wildman–Crippen MR) is 255 cm³/mol. The van der Waals surface area contributed by atoms with E-state index in [1.54, 1.807) is 11.3 Å². The van der Waals surface area contributed by atoms with E-state index in [0.29, 0.717) is 23.3 Å². The van der Waals surface area contributed by atoms with E-state index in [0.717, 1.165) is 76.4 Å². The van der Waals surface area contributed by atoms with E-state index in [-0.39, 0.29) is 0 Å².